The first-order chi connectivity index (χ1) is 10.3. The first kappa shape index (κ1) is 13.9. The van der Waals surface area contributed by atoms with E-state index in [9.17, 15) is 4.39 Å². The second-order valence-electron chi connectivity index (χ2n) is 4.58. The molecule has 0 spiro atoms. The van der Waals surface area contributed by atoms with E-state index in [4.69, 9.17) is 5.84 Å². The molecule has 1 heterocycles. The van der Waals surface area contributed by atoms with E-state index in [0.717, 1.165) is 21.4 Å². The summed E-state index contributed by atoms with van der Waals surface area (Å²) in [5.41, 5.74) is 4.57. The Labute approximate surface area is 126 Å². The van der Waals surface area contributed by atoms with Crippen LogP contribution in [-0.2, 0) is 5.75 Å². The number of para-hydroxylation sites is 1. The molecule has 0 unspecified atom stereocenters. The van der Waals surface area contributed by atoms with Crippen molar-refractivity contribution >= 4 is 28.5 Å². The number of nitrogens with two attached hydrogens (primary N) is 1. The quantitative estimate of drug-likeness (QED) is 0.435. The predicted molar refractivity (Wildman–Crippen MR) is 85.5 cm³/mol. The Morgan fingerprint density at radius 3 is 2.62 bits per heavy atom. The molecule has 0 bridgehead atoms. The van der Waals surface area contributed by atoms with E-state index in [2.05, 4.69) is 16.5 Å². The Balaban J connectivity index is 1.86. The molecular weight excluding hydrogens is 285 g/mol. The number of halogens is 1. The van der Waals surface area contributed by atoms with Crippen LogP contribution in [0.15, 0.2) is 59.5 Å². The summed E-state index contributed by atoms with van der Waals surface area (Å²) in [6, 6.07) is 16.4. The number of aromatic nitrogens is 1. The lowest BCUT2D eigenvalue weighted by Gasteiger charge is -2.10. The molecule has 3 aromatic rings. The fraction of sp³-hybridized carbons (Fsp3) is 0.0625. The number of hydrazine groups is 1. The van der Waals surface area contributed by atoms with Crippen LogP contribution in [0.25, 0.3) is 10.9 Å². The van der Waals surface area contributed by atoms with Gasteiger partial charge in [0.2, 0.25) is 0 Å². The van der Waals surface area contributed by atoms with Gasteiger partial charge in [0.1, 0.15) is 11.6 Å². The average molecular weight is 299 g/mol. The van der Waals surface area contributed by atoms with Gasteiger partial charge in [-0.1, -0.05) is 18.2 Å². The van der Waals surface area contributed by atoms with Gasteiger partial charge in [0.25, 0.3) is 0 Å². The zero-order chi connectivity index (χ0) is 14.7. The normalized spacial score (nSPS) is 10.8. The molecule has 3 N–H and O–H groups in total. The molecule has 3 rings (SSSR count). The molecule has 3 nitrogen and oxygen atoms in total. The summed E-state index contributed by atoms with van der Waals surface area (Å²) in [5, 5.41) is 1.08. The Morgan fingerprint density at radius 1 is 1.10 bits per heavy atom. The van der Waals surface area contributed by atoms with E-state index < -0.39 is 0 Å². The molecule has 1 aromatic heterocycles. The largest absolute Gasteiger partial charge is 0.308 e. The molecule has 2 aromatic carbocycles. The summed E-state index contributed by atoms with van der Waals surface area (Å²) in [6.45, 7) is 0. The number of nitrogens with zero attached hydrogens (tertiary/aromatic N) is 1. The molecule has 0 fully saturated rings. The summed E-state index contributed by atoms with van der Waals surface area (Å²) >= 11 is 1.62. The zero-order valence-corrected chi connectivity index (χ0v) is 12.0. The van der Waals surface area contributed by atoms with Gasteiger partial charge in [-0.2, -0.15) is 0 Å². The van der Waals surface area contributed by atoms with Crippen LogP contribution in [0, 0.1) is 5.82 Å². The van der Waals surface area contributed by atoms with Crippen LogP contribution in [0.5, 0.6) is 0 Å². The van der Waals surface area contributed by atoms with E-state index in [1.807, 2.05) is 24.3 Å². The number of benzene rings is 2. The molecule has 0 radical (unpaired) electrons. The summed E-state index contributed by atoms with van der Waals surface area (Å²) in [7, 11) is 0. The van der Waals surface area contributed by atoms with Crippen LogP contribution >= 0.6 is 11.8 Å². The second-order valence-corrected chi connectivity index (χ2v) is 5.62. The van der Waals surface area contributed by atoms with Crippen LogP contribution in [0.4, 0.5) is 10.2 Å². The van der Waals surface area contributed by atoms with Crippen LogP contribution in [0.3, 0.4) is 0 Å². The van der Waals surface area contributed by atoms with Gasteiger partial charge >= 0.3 is 0 Å². The summed E-state index contributed by atoms with van der Waals surface area (Å²) in [6.07, 6.45) is 0. The number of rotatable bonds is 4. The molecule has 106 valence electrons. The lowest BCUT2D eigenvalue weighted by molar-refractivity contribution is 0.626. The van der Waals surface area contributed by atoms with E-state index in [1.165, 1.54) is 12.1 Å². The first-order valence-electron chi connectivity index (χ1n) is 6.50. The highest BCUT2D eigenvalue weighted by atomic mass is 32.2. The van der Waals surface area contributed by atoms with E-state index in [0.29, 0.717) is 11.6 Å². The molecule has 0 amide bonds. The minimum absolute atomic E-state index is 0.226. The molecule has 0 atom stereocenters. The van der Waals surface area contributed by atoms with Crippen molar-refractivity contribution in [1.82, 2.24) is 4.98 Å². The SMILES string of the molecule is NNc1nc2ccccc2cc1CSc1ccc(F)cc1. The third-order valence-electron chi connectivity index (χ3n) is 3.15. The van der Waals surface area contributed by atoms with Crippen molar-refractivity contribution in [3.8, 4) is 0 Å². The number of fused-ring (bicyclic) bond motifs is 1. The minimum Gasteiger partial charge on any atom is -0.308 e. The third-order valence-corrected chi connectivity index (χ3v) is 4.21. The highest BCUT2D eigenvalue weighted by Crippen LogP contribution is 2.28. The Bertz CT molecular complexity index is 759. The van der Waals surface area contributed by atoms with Gasteiger partial charge in [-0.15, -0.1) is 11.8 Å². The maximum atomic E-state index is 12.9. The van der Waals surface area contributed by atoms with Crippen LogP contribution in [-0.4, -0.2) is 4.98 Å². The number of hydrogen-bond acceptors (Lipinski definition) is 4. The number of thioether (sulfide) groups is 1. The van der Waals surface area contributed by atoms with Gasteiger partial charge in [-0.05, 0) is 36.4 Å². The fourth-order valence-corrected chi connectivity index (χ4v) is 2.96. The number of nitrogen functional groups attached to an aromatic ring is 1. The summed E-state index contributed by atoms with van der Waals surface area (Å²) in [5.74, 6) is 6.71. The third kappa shape index (κ3) is 3.15. The molecule has 21 heavy (non-hydrogen) atoms. The van der Waals surface area contributed by atoms with Crippen molar-refractivity contribution in [2.24, 2.45) is 5.84 Å². The highest BCUT2D eigenvalue weighted by Gasteiger charge is 2.06. The Hall–Kier alpha value is -2.11. The number of anilines is 1. The maximum absolute atomic E-state index is 12.9. The minimum atomic E-state index is -0.226. The molecule has 0 aliphatic rings. The summed E-state index contributed by atoms with van der Waals surface area (Å²) in [4.78, 5) is 5.52. The van der Waals surface area contributed by atoms with Gasteiger partial charge in [0.05, 0.1) is 5.52 Å². The lowest BCUT2D eigenvalue weighted by atomic mass is 10.1. The van der Waals surface area contributed by atoms with Crippen molar-refractivity contribution in [3.05, 3.63) is 66.0 Å². The van der Waals surface area contributed by atoms with Crippen molar-refractivity contribution < 1.29 is 4.39 Å². The highest BCUT2D eigenvalue weighted by molar-refractivity contribution is 7.98. The molecular formula is C16H14FN3S. The first-order valence-corrected chi connectivity index (χ1v) is 7.48. The molecule has 0 saturated carbocycles. The Kier molecular flexibility index (Phi) is 4.03. The lowest BCUT2D eigenvalue weighted by Crippen LogP contribution is -2.11. The number of pyridine rings is 1. The van der Waals surface area contributed by atoms with Crippen LogP contribution < -0.4 is 11.3 Å². The van der Waals surface area contributed by atoms with Crippen molar-refractivity contribution in [1.29, 1.82) is 0 Å². The second kappa shape index (κ2) is 6.11. The zero-order valence-electron chi connectivity index (χ0n) is 11.2. The van der Waals surface area contributed by atoms with E-state index in [-0.39, 0.29) is 5.82 Å². The standard InChI is InChI=1S/C16H14FN3S/c17-13-5-7-14(8-6-13)21-10-12-9-11-3-1-2-4-15(11)19-16(12)20-18/h1-9H,10,18H2,(H,19,20). The van der Waals surface area contributed by atoms with Crippen LogP contribution in [0.1, 0.15) is 5.56 Å². The summed E-state index contributed by atoms with van der Waals surface area (Å²) < 4.78 is 12.9. The smallest absolute Gasteiger partial charge is 0.144 e. The van der Waals surface area contributed by atoms with Crippen molar-refractivity contribution in [2.45, 2.75) is 10.6 Å². The van der Waals surface area contributed by atoms with Crippen molar-refractivity contribution in [2.75, 3.05) is 5.43 Å². The van der Waals surface area contributed by atoms with Gasteiger partial charge in [0, 0.05) is 21.6 Å². The van der Waals surface area contributed by atoms with Crippen molar-refractivity contribution in [3.63, 3.8) is 0 Å². The number of nitrogens with one attached hydrogen (secondary N) is 1. The fourth-order valence-electron chi connectivity index (χ4n) is 2.09. The van der Waals surface area contributed by atoms with Gasteiger partial charge < -0.3 is 5.43 Å². The predicted octanol–water partition coefficient (Wildman–Crippen LogP) is 3.95. The van der Waals surface area contributed by atoms with Crippen LogP contribution in [0.2, 0.25) is 0 Å². The topological polar surface area (TPSA) is 50.9 Å². The van der Waals surface area contributed by atoms with E-state index >= 15 is 0 Å². The maximum Gasteiger partial charge on any atom is 0.144 e. The van der Waals surface area contributed by atoms with E-state index in [1.54, 1.807) is 23.9 Å². The molecule has 0 aliphatic carbocycles. The van der Waals surface area contributed by atoms with Gasteiger partial charge in [0.15, 0.2) is 0 Å². The molecule has 0 saturated heterocycles. The van der Waals surface area contributed by atoms with Gasteiger partial charge in [-0.25, -0.2) is 15.2 Å². The Morgan fingerprint density at radius 2 is 1.86 bits per heavy atom. The number of hydrogen-bond donors (Lipinski definition) is 2. The average Bonchev–Trinajstić information content (AvgIpc) is 2.53. The van der Waals surface area contributed by atoms with Gasteiger partial charge in [-0.3, -0.25) is 0 Å². The molecule has 0 aliphatic heterocycles. The monoisotopic (exact) mass is 299 g/mol. The molecule has 5 heteroatoms.